The van der Waals surface area contributed by atoms with Gasteiger partial charge in [0.1, 0.15) is 17.8 Å². The predicted molar refractivity (Wildman–Crippen MR) is 139 cm³/mol. The number of hydrogen-bond donors (Lipinski definition) is 3. The molecule has 2 aromatic rings. The molecule has 2 heterocycles. The Hall–Kier alpha value is -3.83. The number of nitrogens with zero attached hydrogens (tertiary/aromatic N) is 4. The number of rotatable bonds is 10. The zero-order valence-electron chi connectivity index (χ0n) is 21.0. The van der Waals surface area contributed by atoms with Crippen molar-refractivity contribution in [3.8, 4) is 11.1 Å². The first-order valence-electron chi connectivity index (χ1n) is 12.5. The maximum atomic E-state index is 13.3. The minimum absolute atomic E-state index is 0.0115. The lowest BCUT2D eigenvalue weighted by Gasteiger charge is -2.25. The smallest absolute Gasteiger partial charge is 0.407 e. The SMILES string of the molecule is CCCN(OCCNC(=O)OC1CCC1)C(=O)C1=Cc2ccc(-c3cnc(CN)nc3)cc2N=C(N)C1. The maximum Gasteiger partial charge on any atom is 0.407 e. The molecule has 196 valence electrons. The van der Waals surface area contributed by atoms with Crippen molar-refractivity contribution in [3.63, 3.8) is 0 Å². The van der Waals surface area contributed by atoms with Crippen LogP contribution < -0.4 is 16.8 Å². The Morgan fingerprint density at radius 3 is 2.65 bits per heavy atom. The second-order valence-electron chi connectivity index (χ2n) is 8.94. The average molecular weight is 508 g/mol. The van der Waals surface area contributed by atoms with Gasteiger partial charge in [0.25, 0.3) is 5.91 Å². The Kier molecular flexibility index (Phi) is 8.81. The lowest BCUT2D eigenvalue weighted by molar-refractivity contribution is -0.181. The topological polar surface area (TPSA) is 158 Å². The molecule has 2 aliphatic rings. The van der Waals surface area contributed by atoms with Crippen molar-refractivity contribution < 1.29 is 19.2 Å². The Bertz CT molecular complexity index is 1180. The number of benzene rings is 1. The second-order valence-corrected chi connectivity index (χ2v) is 8.94. The number of ether oxygens (including phenoxy) is 1. The van der Waals surface area contributed by atoms with E-state index >= 15 is 0 Å². The van der Waals surface area contributed by atoms with E-state index in [4.69, 9.17) is 21.0 Å². The van der Waals surface area contributed by atoms with Crippen LogP contribution in [0, 0.1) is 0 Å². The molecular formula is C26H33N7O4. The molecule has 1 aromatic heterocycles. The van der Waals surface area contributed by atoms with E-state index in [0.29, 0.717) is 35.9 Å². The molecule has 11 nitrogen and oxygen atoms in total. The van der Waals surface area contributed by atoms with Crippen molar-refractivity contribution in [2.45, 2.75) is 51.7 Å². The molecule has 2 amide bonds. The first kappa shape index (κ1) is 26.2. The standard InChI is InChI=1S/C26H33N7O4/c1-2-9-33(36-10-8-29-26(35)37-21-4-3-5-21)25(34)19-11-18-7-6-17(12-22(18)32-23(28)13-19)20-15-30-24(14-27)31-16-20/h6-7,11-12,15-16,21H,2-5,8-10,13-14,27H2,1H3,(H2,28,32)(H,29,35). The van der Waals surface area contributed by atoms with Crippen LogP contribution in [0.5, 0.6) is 0 Å². The van der Waals surface area contributed by atoms with Gasteiger partial charge in [-0.2, -0.15) is 0 Å². The predicted octanol–water partition coefficient (Wildman–Crippen LogP) is 2.83. The Morgan fingerprint density at radius 2 is 1.97 bits per heavy atom. The zero-order valence-corrected chi connectivity index (χ0v) is 21.0. The van der Waals surface area contributed by atoms with Gasteiger partial charge in [0.15, 0.2) is 0 Å². The normalized spacial score (nSPS) is 15.0. The van der Waals surface area contributed by atoms with Gasteiger partial charge in [-0.1, -0.05) is 19.1 Å². The van der Waals surface area contributed by atoms with Crippen molar-refractivity contribution in [1.82, 2.24) is 20.3 Å². The van der Waals surface area contributed by atoms with Crippen molar-refractivity contribution in [2.24, 2.45) is 16.5 Å². The van der Waals surface area contributed by atoms with Gasteiger partial charge in [-0.25, -0.2) is 24.8 Å². The number of nitrogens with one attached hydrogen (secondary N) is 1. The summed E-state index contributed by atoms with van der Waals surface area (Å²) in [6.07, 6.45) is 8.56. The molecule has 0 spiro atoms. The third kappa shape index (κ3) is 6.89. The van der Waals surface area contributed by atoms with Crippen molar-refractivity contribution in [2.75, 3.05) is 19.7 Å². The summed E-state index contributed by atoms with van der Waals surface area (Å²) in [7, 11) is 0. The fourth-order valence-corrected chi connectivity index (χ4v) is 3.90. The number of amidine groups is 1. The molecule has 4 rings (SSSR count). The van der Waals surface area contributed by atoms with Crippen LogP contribution in [0.4, 0.5) is 10.5 Å². The molecule has 0 atom stereocenters. The van der Waals surface area contributed by atoms with Crippen molar-refractivity contribution in [1.29, 1.82) is 0 Å². The molecule has 1 saturated carbocycles. The van der Waals surface area contributed by atoms with Gasteiger partial charge >= 0.3 is 6.09 Å². The highest BCUT2D eigenvalue weighted by molar-refractivity contribution is 6.05. The van der Waals surface area contributed by atoms with E-state index in [0.717, 1.165) is 36.0 Å². The number of aliphatic imine (C=N–C) groups is 1. The van der Waals surface area contributed by atoms with E-state index in [1.807, 2.05) is 25.1 Å². The fourth-order valence-electron chi connectivity index (χ4n) is 3.90. The number of hydrogen-bond acceptors (Lipinski definition) is 9. The summed E-state index contributed by atoms with van der Waals surface area (Å²) in [5.41, 5.74) is 15.4. The van der Waals surface area contributed by atoms with Crippen LogP contribution >= 0.6 is 0 Å². The van der Waals surface area contributed by atoms with Crippen LogP contribution in [-0.4, -0.2) is 58.7 Å². The zero-order chi connectivity index (χ0) is 26.2. The summed E-state index contributed by atoms with van der Waals surface area (Å²) >= 11 is 0. The molecule has 1 fully saturated rings. The number of fused-ring (bicyclic) bond motifs is 1. The number of hydroxylamine groups is 2. The molecule has 37 heavy (non-hydrogen) atoms. The molecule has 1 aliphatic carbocycles. The maximum absolute atomic E-state index is 13.3. The molecule has 0 radical (unpaired) electrons. The minimum Gasteiger partial charge on any atom is -0.446 e. The van der Waals surface area contributed by atoms with Gasteiger partial charge in [-0.15, -0.1) is 0 Å². The van der Waals surface area contributed by atoms with Gasteiger partial charge in [0, 0.05) is 48.6 Å². The highest BCUT2D eigenvalue weighted by Gasteiger charge is 2.23. The molecule has 1 aliphatic heterocycles. The Labute approximate surface area is 215 Å². The number of carbonyl (C=O) groups is 2. The van der Waals surface area contributed by atoms with E-state index in [1.165, 1.54) is 5.06 Å². The highest BCUT2D eigenvalue weighted by Crippen LogP contribution is 2.31. The third-order valence-electron chi connectivity index (χ3n) is 6.09. The lowest BCUT2D eigenvalue weighted by Crippen LogP contribution is -2.38. The molecule has 0 bridgehead atoms. The lowest BCUT2D eigenvalue weighted by atomic mass is 9.96. The quantitative estimate of drug-likeness (QED) is 0.327. The summed E-state index contributed by atoms with van der Waals surface area (Å²) < 4.78 is 5.26. The number of amides is 2. The van der Waals surface area contributed by atoms with E-state index in [1.54, 1.807) is 18.5 Å². The van der Waals surface area contributed by atoms with E-state index in [-0.39, 0.29) is 38.1 Å². The second kappa shape index (κ2) is 12.4. The number of alkyl carbamates (subject to hydrolysis) is 1. The number of aromatic nitrogens is 2. The largest absolute Gasteiger partial charge is 0.446 e. The van der Waals surface area contributed by atoms with Crippen LogP contribution in [0.3, 0.4) is 0 Å². The summed E-state index contributed by atoms with van der Waals surface area (Å²) in [5.74, 6) is 0.594. The van der Waals surface area contributed by atoms with Crippen LogP contribution in [0.25, 0.3) is 17.2 Å². The monoisotopic (exact) mass is 507 g/mol. The average Bonchev–Trinajstić information content (AvgIpc) is 3.05. The molecular weight excluding hydrogens is 474 g/mol. The minimum atomic E-state index is -0.463. The summed E-state index contributed by atoms with van der Waals surface area (Å²) in [5, 5.41) is 3.97. The first-order chi connectivity index (χ1) is 18.0. The molecule has 11 heteroatoms. The number of nitrogens with two attached hydrogens (primary N) is 2. The van der Waals surface area contributed by atoms with Gasteiger partial charge in [0.2, 0.25) is 0 Å². The molecule has 0 saturated heterocycles. The van der Waals surface area contributed by atoms with Gasteiger partial charge in [-0.3, -0.25) is 9.63 Å². The summed E-state index contributed by atoms with van der Waals surface area (Å²) in [4.78, 5) is 43.9. The van der Waals surface area contributed by atoms with E-state index in [9.17, 15) is 9.59 Å². The molecule has 0 unspecified atom stereocenters. The van der Waals surface area contributed by atoms with Gasteiger partial charge in [0.05, 0.1) is 18.8 Å². The highest BCUT2D eigenvalue weighted by atomic mass is 16.7. The van der Waals surface area contributed by atoms with Crippen LogP contribution in [0.1, 0.15) is 50.4 Å². The Balaban J connectivity index is 1.43. The van der Waals surface area contributed by atoms with Crippen LogP contribution in [-0.2, 0) is 20.9 Å². The van der Waals surface area contributed by atoms with Crippen molar-refractivity contribution >= 4 is 29.6 Å². The van der Waals surface area contributed by atoms with Crippen LogP contribution in [0.15, 0.2) is 41.2 Å². The first-order valence-corrected chi connectivity index (χ1v) is 12.5. The Morgan fingerprint density at radius 1 is 1.19 bits per heavy atom. The fraction of sp³-hybridized carbons (Fsp3) is 0.423. The van der Waals surface area contributed by atoms with Crippen molar-refractivity contribution in [3.05, 3.63) is 47.6 Å². The molecule has 1 aromatic carbocycles. The third-order valence-corrected chi connectivity index (χ3v) is 6.09. The molecule has 5 N–H and O–H groups in total. The van der Waals surface area contributed by atoms with Crippen LogP contribution in [0.2, 0.25) is 0 Å². The summed E-state index contributed by atoms with van der Waals surface area (Å²) in [6, 6.07) is 5.70. The summed E-state index contributed by atoms with van der Waals surface area (Å²) in [6.45, 7) is 2.98. The van der Waals surface area contributed by atoms with E-state index < -0.39 is 6.09 Å². The van der Waals surface area contributed by atoms with E-state index in [2.05, 4.69) is 20.3 Å². The van der Waals surface area contributed by atoms with Gasteiger partial charge in [-0.05, 0) is 43.4 Å². The van der Waals surface area contributed by atoms with Gasteiger partial charge < -0.3 is 21.5 Å². The number of carbonyl (C=O) groups excluding carboxylic acids is 2.